The minimum atomic E-state index is 0.445. The van der Waals surface area contributed by atoms with Crippen LogP contribution < -0.4 is 4.74 Å². The lowest BCUT2D eigenvalue weighted by atomic mass is 10.2. The van der Waals surface area contributed by atoms with Crippen molar-refractivity contribution in [3.05, 3.63) is 28.8 Å². The fourth-order valence-electron chi connectivity index (χ4n) is 1.31. The number of alkyl halides is 1. The highest BCUT2D eigenvalue weighted by atomic mass is 35.5. The summed E-state index contributed by atoms with van der Waals surface area (Å²) in [7, 11) is 0. The van der Waals surface area contributed by atoms with Gasteiger partial charge in [-0.05, 0) is 24.8 Å². The Labute approximate surface area is 94.0 Å². The van der Waals surface area contributed by atoms with Crippen molar-refractivity contribution < 1.29 is 4.74 Å². The Hall–Kier alpha value is -0.400. The number of ether oxygens (including phenoxy) is 1. The van der Waals surface area contributed by atoms with Crippen molar-refractivity contribution in [1.29, 1.82) is 0 Å². The van der Waals surface area contributed by atoms with Crippen LogP contribution in [0.1, 0.15) is 18.4 Å². The first-order valence-corrected chi connectivity index (χ1v) is 5.68. The zero-order valence-corrected chi connectivity index (χ0v) is 9.31. The molecule has 14 heavy (non-hydrogen) atoms. The number of rotatable bonds is 4. The van der Waals surface area contributed by atoms with E-state index in [0.717, 1.165) is 23.8 Å². The standard InChI is InChI=1S/C11H12Cl2O/c12-6-9-2-1-3-10(13)11(9)14-7-8-4-5-8/h1-3,8H,4-7H2. The average Bonchev–Trinajstić information content (AvgIpc) is 2.99. The minimum Gasteiger partial charge on any atom is -0.491 e. The van der Waals surface area contributed by atoms with Crippen LogP contribution in [0.25, 0.3) is 0 Å². The van der Waals surface area contributed by atoms with E-state index in [4.69, 9.17) is 27.9 Å². The highest BCUT2D eigenvalue weighted by Gasteiger charge is 2.22. The van der Waals surface area contributed by atoms with Crippen LogP contribution in [0.3, 0.4) is 0 Å². The molecule has 1 nitrogen and oxygen atoms in total. The fourth-order valence-corrected chi connectivity index (χ4v) is 1.77. The smallest absolute Gasteiger partial charge is 0.142 e. The van der Waals surface area contributed by atoms with Crippen molar-refractivity contribution in [1.82, 2.24) is 0 Å². The van der Waals surface area contributed by atoms with Gasteiger partial charge in [-0.25, -0.2) is 0 Å². The van der Waals surface area contributed by atoms with Crippen LogP contribution in [0.4, 0.5) is 0 Å². The summed E-state index contributed by atoms with van der Waals surface area (Å²) in [6, 6.07) is 5.67. The third-order valence-electron chi connectivity index (χ3n) is 2.35. The maximum Gasteiger partial charge on any atom is 0.142 e. The van der Waals surface area contributed by atoms with Gasteiger partial charge in [-0.1, -0.05) is 23.7 Å². The van der Waals surface area contributed by atoms with Gasteiger partial charge >= 0.3 is 0 Å². The van der Waals surface area contributed by atoms with Gasteiger partial charge in [0.1, 0.15) is 5.75 Å². The molecular formula is C11H12Cl2O. The molecule has 76 valence electrons. The van der Waals surface area contributed by atoms with Gasteiger partial charge in [0.05, 0.1) is 17.5 Å². The van der Waals surface area contributed by atoms with Gasteiger partial charge in [-0.2, -0.15) is 0 Å². The molecule has 2 rings (SSSR count). The molecule has 0 spiro atoms. The van der Waals surface area contributed by atoms with Gasteiger partial charge in [0, 0.05) is 5.56 Å². The predicted molar refractivity (Wildman–Crippen MR) is 59.2 cm³/mol. The molecule has 0 heterocycles. The van der Waals surface area contributed by atoms with E-state index in [1.807, 2.05) is 18.2 Å². The average molecular weight is 231 g/mol. The molecule has 1 aliphatic carbocycles. The summed E-state index contributed by atoms with van der Waals surface area (Å²) < 4.78 is 5.67. The van der Waals surface area contributed by atoms with Crippen molar-refractivity contribution in [2.24, 2.45) is 5.92 Å². The summed E-state index contributed by atoms with van der Waals surface area (Å²) in [6.07, 6.45) is 2.56. The molecule has 3 heteroatoms. The lowest BCUT2D eigenvalue weighted by Gasteiger charge is -2.10. The van der Waals surface area contributed by atoms with Crippen molar-refractivity contribution in [3.63, 3.8) is 0 Å². The van der Waals surface area contributed by atoms with E-state index in [1.54, 1.807) is 0 Å². The number of benzene rings is 1. The Bertz CT molecular complexity index is 321. The van der Waals surface area contributed by atoms with E-state index in [2.05, 4.69) is 0 Å². The Balaban J connectivity index is 2.11. The van der Waals surface area contributed by atoms with E-state index >= 15 is 0 Å². The second-order valence-electron chi connectivity index (χ2n) is 3.62. The van der Waals surface area contributed by atoms with E-state index in [9.17, 15) is 0 Å². The van der Waals surface area contributed by atoms with Gasteiger partial charge in [0.2, 0.25) is 0 Å². The zero-order valence-electron chi connectivity index (χ0n) is 7.80. The molecule has 0 bridgehead atoms. The second kappa shape index (κ2) is 4.41. The van der Waals surface area contributed by atoms with Crippen molar-refractivity contribution in [2.45, 2.75) is 18.7 Å². The van der Waals surface area contributed by atoms with E-state index in [-0.39, 0.29) is 0 Å². The molecule has 0 atom stereocenters. The Morgan fingerprint density at radius 1 is 1.36 bits per heavy atom. The molecule has 1 saturated carbocycles. The minimum absolute atomic E-state index is 0.445. The highest BCUT2D eigenvalue weighted by molar-refractivity contribution is 6.32. The second-order valence-corrected chi connectivity index (χ2v) is 4.29. The summed E-state index contributed by atoms with van der Waals surface area (Å²) in [5.41, 5.74) is 0.972. The first-order valence-electron chi connectivity index (χ1n) is 4.77. The Morgan fingerprint density at radius 2 is 2.14 bits per heavy atom. The maximum atomic E-state index is 6.03. The molecule has 1 aromatic carbocycles. The van der Waals surface area contributed by atoms with Crippen LogP contribution in [0.15, 0.2) is 18.2 Å². The summed E-state index contributed by atoms with van der Waals surface area (Å²) >= 11 is 11.8. The third-order valence-corrected chi connectivity index (χ3v) is 2.94. The molecular weight excluding hydrogens is 219 g/mol. The monoisotopic (exact) mass is 230 g/mol. The number of halogens is 2. The van der Waals surface area contributed by atoms with Crippen molar-refractivity contribution >= 4 is 23.2 Å². The molecule has 0 saturated heterocycles. The topological polar surface area (TPSA) is 9.23 Å². The van der Waals surface area contributed by atoms with Crippen LogP contribution in [0, 0.1) is 5.92 Å². The number of hydrogen-bond donors (Lipinski definition) is 0. The molecule has 1 aromatic rings. The van der Waals surface area contributed by atoms with Crippen molar-refractivity contribution in [2.75, 3.05) is 6.61 Å². The van der Waals surface area contributed by atoms with Crippen LogP contribution in [-0.2, 0) is 5.88 Å². The lowest BCUT2D eigenvalue weighted by molar-refractivity contribution is 0.298. The van der Waals surface area contributed by atoms with Gasteiger partial charge in [0.25, 0.3) is 0 Å². The molecule has 0 unspecified atom stereocenters. The summed E-state index contributed by atoms with van der Waals surface area (Å²) in [5, 5.41) is 0.656. The molecule has 1 fully saturated rings. The normalized spacial score (nSPS) is 15.6. The van der Waals surface area contributed by atoms with Gasteiger partial charge < -0.3 is 4.74 Å². The fraction of sp³-hybridized carbons (Fsp3) is 0.455. The molecule has 1 aliphatic rings. The predicted octanol–water partition coefficient (Wildman–Crippen LogP) is 3.87. The first kappa shape index (κ1) is 10.1. The van der Waals surface area contributed by atoms with E-state index in [1.165, 1.54) is 12.8 Å². The summed E-state index contributed by atoms with van der Waals surface area (Å²) in [4.78, 5) is 0. The number of para-hydroxylation sites is 1. The third kappa shape index (κ3) is 2.34. The van der Waals surface area contributed by atoms with Gasteiger partial charge in [-0.15, -0.1) is 11.6 Å². The molecule has 0 N–H and O–H groups in total. The SMILES string of the molecule is ClCc1cccc(Cl)c1OCC1CC1. The van der Waals surface area contributed by atoms with E-state index < -0.39 is 0 Å². The van der Waals surface area contributed by atoms with Gasteiger partial charge in [-0.3, -0.25) is 0 Å². The van der Waals surface area contributed by atoms with Crippen LogP contribution in [0.5, 0.6) is 5.75 Å². The Kier molecular flexibility index (Phi) is 3.19. The molecule has 0 aromatic heterocycles. The Morgan fingerprint density at radius 3 is 2.79 bits per heavy atom. The van der Waals surface area contributed by atoms with Crippen molar-refractivity contribution in [3.8, 4) is 5.75 Å². The molecule has 0 amide bonds. The number of hydrogen-bond acceptors (Lipinski definition) is 1. The first-order chi connectivity index (χ1) is 6.81. The lowest BCUT2D eigenvalue weighted by Crippen LogP contribution is -2.01. The van der Waals surface area contributed by atoms with Gasteiger partial charge in [0.15, 0.2) is 0 Å². The van der Waals surface area contributed by atoms with E-state index in [0.29, 0.717) is 10.9 Å². The quantitative estimate of drug-likeness (QED) is 0.714. The van der Waals surface area contributed by atoms with Crippen LogP contribution >= 0.6 is 23.2 Å². The molecule has 0 radical (unpaired) electrons. The summed E-state index contributed by atoms with van der Waals surface area (Å²) in [5.74, 6) is 1.94. The zero-order chi connectivity index (χ0) is 9.97. The van der Waals surface area contributed by atoms with Crippen LogP contribution in [0.2, 0.25) is 5.02 Å². The maximum absolute atomic E-state index is 6.03. The highest BCUT2D eigenvalue weighted by Crippen LogP contribution is 2.34. The molecule has 0 aliphatic heterocycles. The largest absolute Gasteiger partial charge is 0.491 e. The van der Waals surface area contributed by atoms with Crippen LogP contribution in [-0.4, -0.2) is 6.61 Å². The summed E-state index contributed by atoms with van der Waals surface area (Å²) in [6.45, 7) is 0.771.